The third-order valence-electron chi connectivity index (χ3n) is 4.46. The van der Waals surface area contributed by atoms with E-state index in [1.54, 1.807) is 0 Å². The number of para-hydroxylation sites is 1. The van der Waals surface area contributed by atoms with Gasteiger partial charge in [-0.2, -0.15) is 0 Å². The van der Waals surface area contributed by atoms with Crippen LogP contribution < -0.4 is 4.90 Å². The average molecular weight is 245 g/mol. The van der Waals surface area contributed by atoms with E-state index in [1.807, 2.05) is 6.07 Å². The summed E-state index contributed by atoms with van der Waals surface area (Å²) < 4.78 is 0. The third-order valence-corrected chi connectivity index (χ3v) is 4.46. The first kappa shape index (κ1) is 11.6. The molecule has 1 aromatic carbocycles. The van der Waals surface area contributed by atoms with E-state index < -0.39 is 11.4 Å². The Kier molecular flexibility index (Phi) is 2.77. The van der Waals surface area contributed by atoms with Crippen LogP contribution in [0.15, 0.2) is 24.3 Å². The molecular weight excluding hydrogens is 226 g/mol. The number of aryl methyl sites for hydroxylation is 1. The molecule has 0 radical (unpaired) electrons. The molecule has 96 valence electrons. The molecule has 0 atom stereocenters. The Balaban J connectivity index is 1.84. The summed E-state index contributed by atoms with van der Waals surface area (Å²) in [5, 5.41) is 9.44. The van der Waals surface area contributed by atoms with Crippen LogP contribution in [0.2, 0.25) is 0 Å². The van der Waals surface area contributed by atoms with Crippen LogP contribution in [0.5, 0.6) is 0 Å². The lowest BCUT2D eigenvalue weighted by molar-refractivity contribution is -0.153. The van der Waals surface area contributed by atoms with Crippen molar-refractivity contribution >= 4 is 11.7 Å². The smallest absolute Gasteiger partial charge is 0.311 e. The number of aliphatic carboxylic acids is 1. The van der Waals surface area contributed by atoms with Gasteiger partial charge >= 0.3 is 5.97 Å². The Morgan fingerprint density at radius 2 is 2.06 bits per heavy atom. The maximum Gasteiger partial charge on any atom is 0.311 e. The van der Waals surface area contributed by atoms with Crippen molar-refractivity contribution in [3.8, 4) is 0 Å². The summed E-state index contributed by atoms with van der Waals surface area (Å²) in [5.41, 5.74) is 2.13. The van der Waals surface area contributed by atoms with E-state index in [9.17, 15) is 9.90 Å². The van der Waals surface area contributed by atoms with Gasteiger partial charge in [-0.25, -0.2) is 0 Å². The minimum atomic E-state index is -0.614. The monoisotopic (exact) mass is 245 g/mol. The number of carboxylic acids is 1. The summed E-state index contributed by atoms with van der Waals surface area (Å²) in [6.07, 6.45) is 4.98. The molecule has 3 nitrogen and oxygen atoms in total. The molecule has 0 aromatic heterocycles. The third kappa shape index (κ3) is 1.78. The van der Waals surface area contributed by atoms with Gasteiger partial charge in [0.1, 0.15) is 0 Å². The van der Waals surface area contributed by atoms with Gasteiger partial charge < -0.3 is 10.0 Å². The SMILES string of the molecule is O=C(O)C1(CN2CCCc3ccccc32)CCC1. The summed E-state index contributed by atoms with van der Waals surface area (Å²) in [4.78, 5) is 13.7. The lowest BCUT2D eigenvalue weighted by Gasteiger charge is -2.43. The molecule has 0 saturated heterocycles. The summed E-state index contributed by atoms with van der Waals surface area (Å²) in [6, 6.07) is 8.41. The van der Waals surface area contributed by atoms with Crippen molar-refractivity contribution in [1.29, 1.82) is 0 Å². The van der Waals surface area contributed by atoms with E-state index in [2.05, 4.69) is 23.1 Å². The minimum Gasteiger partial charge on any atom is -0.481 e. The zero-order valence-electron chi connectivity index (χ0n) is 10.6. The Labute approximate surface area is 107 Å². The molecule has 2 aliphatic rings. The summed E-state index contributed by atoms with van der Waals surface area (Å²) in [5.74, 6) is -0.614. The van der Waals surface area contributed by atoms with Crippen LogP contribution in [0.4, 0.5) is 5.69 Å². The number of benzene rings is 1. The van der Waals surface area contributed by atoms with Gasteiger partial charge in [-0.15, -0.1) is 0 Å². The Morgan fingerprint density at radius 1 is 1.28 bits per heavy atom. The summed E-state index contributed by atoms with van der Waals surface area (Å²) in [7, 11) is 0. The highest BCUT2D eigenvalue weighted by Gasteiger charge is 2.45. The van der Waals surface area contributed by atoms with Crippen LogP contribution in [-0.2, 0) is 11.2 Å². The molecule has 3 rings (SSSR count). The van der Waals surface area contributed by atoms with Gasteiger partial charge in [0.25, 0.3) is 0 Å². The van der Waals surface area contributed by atoms with E-state index in [-0.39, 0.29) is 0 Å². The molecule has 1 aromatic rings. The Hall–Kier alpha value is -1.51. The van der Waals surface area contributed by atoms with Crippen molar-refractivity contribution in [2.75, 3.05) is 18.0 Å². The normalized spacial score (nSPS) is 21.0. The molecule has 1 heterocycles. The van der Waals surface area contributed by atoms with E-state index in [0.717, 1.165) is 38.6 Å². The minimum absolute atomic E-state index is 0.482. The summed E-state index contributed by atoms with van der Waals surface area (Å²) >= 11 is 0. The van der Waals surface area contributed by atoms with Crippen LogP contribution in [0.3, 0.4) is 0 Å². The standard InChI is InChI=1S/C15H19NO2/c17-14(18)15(8-4-9-15)11-16-10-3-6-12-5-1-2-7-13(12)16/h1-2,5,7H,3-4,6,8-11H2,(H,17,18). The molecule has 1 aliphatic heterocycles. The first-order valence-corrected chi connectivity index (χ1v) is 6.78. The number of anilines is 1. The van der Waals surface area contributed by atoms with Gasteiger partial charge in [0.15, 0.2) is 0 Å². The molecule has 1 saturated carbocycles. The molecule has 3 heteroatoms. The number of rotatable bonds is 3. The molecule has 1 aliphatic carbocycles. The largest absolute Gasteiger partial charge is 0.481 e. The van der Waals surface area contributed by atoms with Gasteiger partial charge in [-0.05, 0) is 37.3 Å². The van der Waals surface area contributed by atoms with Crippen molar-refractivity contribution in [2.45, 2.75) is 32.1 Å². The molecule has 18 heavy (non-hydrogen) atoms. The van der Waals surface area contributed by atoms with Gasteiger partial charge in [0, 0.05) is 18.8 Å². The van der Waals surface area contributed by atoms with Crippen molar-refractivity contribution in [2.24, 2.45) is 5.41 Å². The second-order valence-electron chi connectivity index (χ2n) is 5.59. The number of hydrogen-bond acceptors (Lipinski definition) is 2. The van der Waals surface area contributed by atoms with E-state index in [4.69, 9.17) is 0 Å². The van der Waals surface area contributed by atoms with Crippen molar-refractivity contribution in [3.05, 3.63) is 29.8 Å². The fourth-order valence-corrected chi connectivity index (χ4v) is 3.18. The predicted molar refractivity (Wildman–Crippen MR) is 70.9 cm³/mol. The second kappa shape index (κ2) is 4.30. The topological polar surface area (TPSA) is 40.5 Å². The lowest BCUT2D eigenvalue weighted by Crippen LogP contribution is -2.49. The highest BCUT2D eigenvalue weighted by Crippen LogP contribution is 2.43. The number of hydrogen-bond donors (Lipinski definition) is 1. The van der Waals surface area contributed by atoms with Gasteiger partial charge in [0.05, 0.1) is 5.41 Å². The predicted octanol–water partition coefficient (Wildman–Crippen LogP) is 2.69. The van der Waals surface area contributed by atoms with Gasteiger partial charge in [0.2, 0.25) is 0 Å². The van der Waals surface area contributed by atoms with Gasteiger partial charge in [-0.1, -0.05) is 24.6 Å². The average Bonchev–Trinajstić information content (AvgIpc) is 2.33. The zero-order valence-corrected chi connectivity index (χ0v) is 10.6. The molecule has 1 N–H and O–H groups in total. The molecule has 1 fully saturated rings. The van der Waals surface area contributed by atoms with Crippen LogP contribution in [-0.4, -0.2) is 24.2 Å². The van der Waals surface area contributed by atoms with E-state index in [0.29, 0.717) is 6.54 Å². The Bertz CT molecular complexity index is 465. The maximum atomic E-state index is 11.5. The molecular formula is C15H19NO2. The number of fused-ring (bicyclic) bond motifs is 1. The molecule has 0 bridgehead atoms. The fourth-order valence-electron chi connectivity index (χ4n) is 3.18. The lowest BCUT2D eigenvalue weighted by atomic mass is 9.68. The van der Waals surface area contributed by atoms with Crippen LogP contribution in [0.1, 0.15) is 31.2 Å². The zero-order chi connectivity index (χ0) is 12.6. The van der Waals surface area contributed by atoms with Crippen molar-refractivity contribution in [1.82, 2.24) is 0 Å². The fraction of sp³-hybridized carbons (Fsp3) is 0.533. The number of carbonyl (C=O) groups is 1. The van der Waals surface area contributed by atoms with Crippen LogP contribution >= 0.6 is 0 Å². The first-order valence-electron chi connectivity index (χ1n) is 6.78. The number of nitrogens with zero attached hydrogens (tertiary/aromatic N) is 1. The first-order chi connectivity index (χ1) is 8.71. The highest BCUT2D eigenvalue weighted by molar-refractivity contribution is 5.77. The quantitative estimate of drug-likeness (QED) is 0.890. The Morgan fingerprint density at radius 3 is 2.72 bits per heavy atom. The molecule has 0 spiro atoms. The van der Waals surface area contributed by atoms with Crippen LogP contribution in [0.25, 0.3) is 0 Å². The summed E-state index contributed by atoms with van der Waals surface area (Å²) in [6.45, 7) is 1.67. The van der Waals surface area contributed by atoms with Gasteiger partial charge in [-0.3, -0.25) is 4.79 Å². The molecule has 0 amide bonds. The van der Waals surface area contributed by atoms with Crippen molar-refractivity contribution in [3.63, 3.8) is 0 Å². The second-order valence-corrected chi connectivity index (χ2v) is 5.59. The highest BCUT2D eigenvalue weighted by atomic mass is 16.4. The maximum absolute atomic E-state index is 11.5. The van der Waals surface area contributed by atoms with Crippen LogP contribution in [0, 0.1) is 5.41 Å². The van der Waals surface area contributed by atoms with E-state index in [1.165, 1.54) is 11.3 Å². The number of carboxylic acid groups (broad SMARTS) is 1. The van der Waals surface area contributed by atoms with Crippen molar-refractivity contribution < 1.29 is 9.90 Å². The molecule has 0 unspecified atom stereocenters. The van der Waals surface area contributed by atoms with E-state index >= 15 is 0 Å².